The Balaban J connectivity index is 1.61. The van der Waals surface area contributed by atoms with Gasteiger partial charge in [0.15, 0.2) is 0 Å². The molecular formula is C20H27N4O2+. The molecule has 3 aromatic rings. The maximum atomic E-state index is 10.5. The molecular weight excluding hydrogens is 328 g/mol. The van der Waals surface area contributed by atoms with Crippen LogP contribution in [0.4, 0.5) is 0 Å². The van der Waals surface area contributed by atoms with Crippen LogP contribution in [0.25, 0.3) is 11.0 Å². The Hall–Kier alpha value is -2.31. The summed E-state index contributed by atoms with van der Waals surface area (Å²) in [5.41, 5.74) is 2.48. The number of aliphatic hydroxyl groups is 1. The molecule has 4 rings (SSSR count). The molecule has 1 saturated heterocycles. The van der Waals surface area contributed by atoms with Crippen LogP contribution in [-0.2, 0) is 13.1 Å². The third-order valence-corrected chi connectivity index (χ3v) is 5.45. The standard InChI is InChI=1S/C20H26N4O2/c21-20-23(13-12-22-10-4-1-5-11-22)16-7-2-3-8-17(16)24(20)15-18(25)19-9-6-14-26-19/h2-3,6-9,14,18,21,25H,1,4-5,10-13,15H2/p+1. The number of nitrogens with one attached hydrogen (secondary N) is 2. The van der Waals surface area contributed by atoms with Crippen LogP contribution in [0.3, 0.4) is 0 Å². The van der Waals surface area contributed by atoms with Crippen molar-refractivity contribution in [1.82, 2.24) is 9.13 Å². The van der Waals surface area contributed by atoms with E-state index in [-0.39, 0.29) is 0 Å². The van der Waals surface area contributed by atoms with E-state index in [1.165, 1.54) is 32.4 Å². The van der Waals surface area contributed by atoms with Crippen molar-refractivity contribution in [1.29, 1.82) is 5.41 Å². The molecule has 138 valence electrons. The molecule has 1 aliphatic rings. The molecule has 0 bridgehead atoms. The van der Waals surface area contributed by atoms with E-state index in [9.17, 15) is 5.11 Å². The summed E-state index contributed by atoms with van der Waals surface area (Å²) < 4.78 is 9.28. The summed E-state index contributed by atoms with van der Waals surface area (Å²) in [6.45, 7) is 4.67. The number of aromatic nitrogens is 2. The average molecular weight is 355 g/mol. The number of furan rings is 1. The van der Waals surface area contributed by atoms with Crippen molar-refractivity contribution in [2.24, 2.45) is 0 Å². The van der Waals surface area contributed by atoms with E-state index in [0.717, 1.165) is 24.1 Å². The molecule has 0 amide bonds. The van der Waals surface area contributed by atoms with Crippen molar-refractivity contribution >= 4 is 11.0 Å². The van der Waals surface area contributed by atoms with Crippen molar-refractivity contribution in [3.05, 3.63) is 54.0 Å². The van der Waals surface area contributed by atoms with Crippen LogP contribution < -0.4 is 10.5 Å². The Morgan fingerprint density at radius 2 is 1.77 bits per heavy atom. The third kappa shape index (κ3) is 3.34. The van der Waals surface area contributed by atoms with Crippen LogP contribution >= 0.6 is 0 Å². The summed E-state index contributed by atoms with van der Waals surface area (Å²) in [7, 11) is 0. The second-order valence-corrected chi connectivity index (χ2v) is 7.17. The molecule has 3 N–H and O–H groups in total. The van der Waals surface area contributed by atoms with Crippen LogP contribution in [0.15, 0.2) is 47.1 Å². The smallest absolute Gasteiger partial charge is 0.203 e. The maximum Gasteiger partial charge on any atom is 0.203 e. The van der Waals surface area contributed by atoms with E-state index < -0.39 is 6.10 Å². The number of benzene rings is 1. The lowest BCUT2D eigenvalue weighted by atomic mass is 10.1. The van der Waals surface area contributed by atoms with Crippen molar-refractivity contribution < 1.29 is 14.4 Å². The first-order valence-electron chi connectivity index (χ1n) is 9.52. The summed E-state index contributed by atoms with van der Waals surface area (Å²) in [6.07, 6.45) is 4.78. The summed E-state index contributed by atoms with van der Waals surface area (Å²) in [5.74, 6) is 0.534. The predicted octanol–water partition coefficient (Wildman–Crippen LogP) is 1.32. The Labute approximate surface area is 152 Å². The topological polar surface area (TPSA) is 71.5 Å². The van der Waals surface area contributed by atoms with Gasteiger partial charge in [-0.15, -0.1) is 0 Å². The van der Waals surface area contributed by atoms with Crippen molar-refractivity contribution in [3.63, 3.8) is 0 Å². The van der Waals surface area contributed by atoms with Gasteiger partial charge < -0.3 is 23.6 Å². The molecule has 2 aromatic heterocycles. The Morgan fingerprint density at radius 3 is 2.46 bits per heavy atom. The zero-order chi connectivity index (χ0) is 17.9. The molecule has 6 heteroatoms. The van der Waals surface area contributed by atoms with Gasteiger partial charge in [-0.05, 0) is 43.5 Å². The Kier molecular flexibility index (Phi) is 4.95. The highest BCUT2D eigenvalue weighted by Crippen LogP contribution is 2.19. The normalized spacial score (nSPS) is 17.0. The third-order valence-electron chi connectivity index (χ3n) is 5.45. The molecule has 0 spiro atoms. The summed E-state index contributed by atoms with van der Waals surface area (Å²) >= 11 is 0. The van der Waals surface area contributed by atoms with E-state index in [4.69, 9.17) is 9.83 Å². The minimum absolute atomic E-state index is 0.316. The molecule has 3 heterocycles. The van der Waals surface area contributed by atoms with Crippen molar-refractivity contribution in [3.8, 4) is 0 Å². The first-order valence-corrected chi connectivity index (χ1v) is 9.52. The minimum Gasteiger partial charge on any atom is -0.467 e. The van der Waals surface area contributed by atoms with E-state index >= 15 is 0 Å². The lowest BCUT2D eigenvalue weighted by Gasteiger charge is -2.23. The van der Waals surface area contributed by atoms with E-state index in [1.54, 1.807) is 23.3 Å². The largest absolute Gasteiger partial charge is 0.467 e. The van der Waals surface area contributed by atoms with Crippen LogP contribution in [0.2, 0.25) is 0 Å². The van der Waals surface area contributed by atoms with Crippen LogP contribution in [0, 0.1) is 5.41 Å². The number of hydrogen-bond acceptors (Lipinski definition) is 3. The van der Waals surface area contributed by atoms with Gasteiger partial charge in [0, 0.05) is 0 Å². The first-order chi connectivity index (χ1) is 12.7. The monoisotopic (exact) mass is 355 g/mol. The van der Waals surface area contributed by atoms with Gasteiger partial charge in [0.1, 0.15) is 11.9 Å². The van der Waals surface area contributed by atoms with Gasteiger partial charge in [-0.2, -0.15) is 0 Å². The van der Waals surface area contributed by atoms with Gasteiger partial charge in [-0.1, -0.05) is 12.1 Å². The highest BCUT2D eigenvalue weighted by molar-refractivity contribution is 5.75. The van der Waals surface area contributed by atoms with Gasteiger partial charge in [0.25, 0.3) is 0 Å². The number of fused-ring (bicyclic) bond motifs is 1. The van der Waals surface area contributed by atoms with Gasteiger partial charge in [-0.25, -0.2) is 0 Å². The number of rotatable bonds is 6. The SMILES string of the molecule is N=c1n(CC[NH+]2CCCCC2)c2ccccc2n1CC(O)c1ccco1. The molecule has 1 fully saturated rings. The van der Waals surface area contributed by atoms with E-state index in [0.29, 0.717) is 17.9 Å². The number of nitrogens with zero attached hydrogens (tertiary/aromatic N) is 2. The summed E-state index contributed by atoms with van der Waals surface area (Å²) in [6, 6.07) is 11.6. The first kappa shape index (κ1) is 17.1. The fourth-order valence-electron chi connectivity index (χ4n) is 4.02. The number of piperidine rings is 1. The van der Waals surface area contributed by atoms with E-state index in [2.05, 4.69) is 10.6 Å². The lowest BCUT2D eigenvalue weighted by Crippen LogP contribution is -3.13. The summed E-state index contributed by atoms with van der Waals surface area (Å²) in [4.78, 5) is 1.63. The highest BCUT2D eigenvalue weighted by atomic mass is 16.4. The number of para-hydroxylation sites is 2. The average Bonchev–Trinajstić information content (AvgIpc) is 3.29. The number of hydrogen-bond donors (Lipinski definition) is 3. The fourth-order valence-corrected chi connectivity index (χ4v) is 4.02. The number of aliphatic hydroxyl groups excluding tert-OH is 1. The zero-order valence-corrected chi connectivity index (χ0v) is 15.0. The Morgan fingerprint density at radius 1 is 1.04 bits per heavy atom. The highest BCUT2D eigenvalue weighted by Gasteiger charge is 2.18. The predicted molar refractivity (Wildman–Crippen MR) is 98.9 cm³/mol. The lowest BCUT2D eigenvalue weighted by molar-refractivity contribution is -0.905. The van der Waals surface area contributed by atoms with Crippen LogP contribution in [-0.4, -0.2) is 33.9 Å². The Bertz CT molecular complexity index is 904. The molecule has 1 aromatic carbocycles. The number of quaternary nitrogens is 1. The molecule has 0 radical (unpaired) electrons. The molecule has 26 heavy (non-hydrogen) atoms. The second kappa shape index (κ2) is 7.51. The molecule has 1 unspecified atom stereocenters. The van der Waals surface area contributed by atoms with Gasteiger partial charge in [0.2, 0.25) is 5.62 Å². The maximum absolute atomic E-state index is 10.5. The van der Waals surface area contributed by atoms with E-state index in [1.807, 2.05) is 22.8 Å². The minimum atomic E-state index is -0.758. The van der Waals surface area contributed by atoms with Crippen LogP contribution in [0.1, 0.15) is 31.1 Å². The van der Waals surface area contributed by atoms with Crippen molar-refractivity contribution in [2.75, 3.05) is 19.6 Å². The second-order valence-electron chi connectivity index (χ2n) is 7.17. The van der Waals surface area contributed by atoms with Crippen LogP contribution in [0.5, 0.6) is 0 Å². The van der Waals surface area contributed by atoms with Crippen molar-refractivity contribution in [2.45, 2.75) is 38.5 Å². The van der Waals surface area contributed by atoms with Gasteiger partial charge in [0.05, 0.1) is 50.0 Å². The molecule has 1 aliphatic heterocycles. The number of likely N-dealkylation sites (tertiary alicyclic amines) is 1. The summed E-state index contributed by atoms with van der Waals surface area (Å²) in [5, 5.41) is 19.2. The molecule has 6 nitrogen and oxygen atoms in total. The zero-order valence-electron chi connectivity index (χ0n) is 15.0. The molecule has 0 aliphatic carbocycles. The van der Waals surface area contributed by atoms with Gasteiger partial charge in [-0.3, -0.25) is 5.41 Å². The van der Waals surface area contributed by atoms with Gasteiger partial charge >= 0.3 is 0 Å². The molecule has 0 saturated carbocycles. The number of imidazole rings is 1. The molecule has 1 atom stereocenters. The quantitative estimate of drug-likeness (QED) is 0.624. The fraction of sp³-hybridized carbons (Fsp3) is 0.450.